The third kappa shape index (κ3) is 1.87. The molecule has 16 heavy (non-hydrogen) atoms. The lowest BCUT2D eigenvalue weighted by atomic mass is 9.58. The molecule has 1 N–H and O–H groups in total. The van der Waals surface area contributed by atoms with E-state index in [0.717, 1.165) is 24.3 Å². The molecule has 0 aromatic rings. The summed E-state index contributed by atoms with van der Waals surface area (Å²) in [5.74, 6) is 3.07. The lowest BCUT2D eigenvalue weighted by molar-refractivity contribution is -0.120. The van der Waals surface area contributed by atoms with Crippen LogP contribution in [0.4, 0.5) is 0 Å². The largest absolute Gasteiger partial charge is 0.356 e. The van der Waals surface area contributed by atoms with Gasteiger partial charge in [-0.2, -0.15) is 0 Å². The van der Waals surface area contributed by atoms with E-state index >= 15 is 0 Å². The number of carbonyl (C=O) groups excluding carboxylic acids is 1. The van der Waals surface area contributed by atoms with Gasteiger partial charge in [0.25, 0.3) is 0 Å². The zero-order chi connectivity index (χ0) is 11.2. The minimum Gasteiger partial charge on any atom is -0.356 e. The van der Waals surface area contributed by atoms with Crippen molar-refractivity contribution in [2.75, 3.05) is 6.54 Å². The fraction of sp³-hybridized carbons (Fsp3) is 0.929. The molecule has 2 heteroatoms. The van der Waals surface area contributed by atoms with Crippen molar-refractivity contribution in [2.24, 2.45) is 23.2 Å². The van der Waals surface area contributed by atoms with Gasteiger partial charge in [-0.3, -0.25) is 4.79 Å². The highest BCUT2D eigenvalue weighted by Gasteiger charge is 2.48. The molecular weight excluding hydrogens is 198 g/mol. The lowest BCUT2D eigenvalue weighted by Gasteiger charge is -2.48. The summed E-state index contributed by atoms with van der Waals surface area (Å²) < 4.78 is 0. The molecule has 4 aliphatic rings. The maximum absolute atomic E-state index is 11.1. The van der Waals surface area contributed by atoms with Crippen LogP contribution in [0.25, 0.3) is 0 Å². The van der Waals surface area contributed by atoms with Crippen LogP contribution in [0, 0.1) is 23.2 Å². The highest BCUT2D eigenvalue weighted by molar-refractivity contribution is 5.72. The molecular formula is C14H23NO. The van der Waals surface area contributed by atoms with E-state index in [1.165, 1.54) is 44.9 Å². The molecule has 0 spiro atoms. The molecule has 0 aromatic carbocycles. The first-order valence-electron chi connectivity index (χ1n) is 6.90. The van der Waals surface area contributed by atoms with E-state index in [9.17, 15) is 4.79 Å². The number of nitrogens with one attached hydrogen (secondary N) is 1. The summed E-state index contributed by atoms with van der Waals surface area (Å²) in [6, 6.07) is 0. The van der Waals surface area contributed by atoms with Crippen molar-refractivity contribution >= 4 is 5.91 Å². The van der Waals surface area contributed by atoms with E-state index in [1.54, 1.807) is 6.92 Å². The third-order valence-electron chi connectivity index (χ3n) is 5.19. The number of fused-ring (bicyclic) bond motifs is 1. The third-order valence-corrected chi connectivity index (χ3v) is 5.19. The fourth-order valence-corrected chi connectivity index (χ4v) is 4.90. The van der Waals surface area contributed by atoms with Crippen LogP contribution in [0.5, 0.6) is 0 Å². The maximum atomic E-state index is 11.1. The molecule has 0 heterocycles. The molecule has 1 amide bonds. The van der Waals surface area contributed by atoms with Gasteiger partial charge >= 0.3 is 0 Å². The molecule has 4 bridgehead atoms. The highest BCUT2D eigenvalue weighted by atomic mass is 16.1. The van der Waals surface area contributed by atoms with Crippen molar-refractivity contribution in [2.45, 2.75) is 51.9 Å². The van der Waals surface area contributed by atoms with Gasteiger partial charge in [-0.25, -0.2) is 0 Å². The van der Waals surface area contributed by atoms with Gasteiger partial charge in [0.05, 0.1) is 0 Å². The van der Waals surface area contributed by atoms with Gasteiger partial charge in [0.1, 0.15) is 0 Å². The molecule has 0 aromatic heterocycles. The number of hydrogen-bond acceptors (Lipinski definition) is 1. The SMILES string of the molecule is CC(=O)NCC12CC3C[C@@H](CC[C@@H](C3)C1)C2. The molecule has 0 saturated heterocycles. The first-order valence-corrected chi connectivity index (χ1v) is 6.90. The van der Waals surface area contributed by atoms with E-state index in [4.69, 9.17) is 0 Å². The summed E-state index contributed by atoms with van der Waals surface area (Å²) in [6.07, 6.45) is 10.1. The Bertz CT molecular complexity index is 283. The van der Waals surface area contributed by atoms with Crippen LogP contribution in [0.1, 0.15) is 51.9 Å². The molecule has 4 saturated carbocycles. The molecule has 2 nitrogen and oxygen atoms in total. The minimum atomic E-state index is 0.148. The molecule has 2 unspecified atom stereocenters. The number of rotatable bonds is 2. The summed E-state index contributed by atoms with van der Waals surface area (Å²) in [5.41, 5.74) is 0.485. The Morgan fingerprint density at radius 2 is 1.69 bits per heavy atom. The van der Waals surface area contributed by atoms with Crippen LogP contribution in [-0.2, 0) is 4.79 Å². The predicted octanol–water partition coefficient (Wildman–Crippen LogP) is 2.73. The van der Waals surface area contributed by atoms with Crippen molar-refractivity contribution < 1.29 is 4.79 Å². The zero-order valence-electron chi connectivity index (χ0n) is 10.3. The van der Waals surface area contributed by atoms with Crippen LogP contribution in [0.3, 0.4) is 0 Å². The van der Waals surface area contributed by atoms with Crippen LogP contribution < -0.4 is 5.32 Å². The first kappa shape index (κ1) is 10.6. The van der Waals surface area contributed by atoms with Gasteiger partial charge in [-0.1, -0.05) is 12.8 Å². The Hall–Kier alpha value is -0.530. The predicted molar refractivity (Wildman–Crippen MR) is 63.9 cm³/mol. The van der Waals surface area contributed by atoms with Crippen molar-refractivity contribution in [1.29, 1.82) is 0 Å². The molecule has 90 valence electrons. The van der Waals surface area contributed by atoms with Gasteiger partial charge in [-0.15, -0.1) is 0 Å². The summed E-state index contributed by atoms with van der Waals surface area (Å²) in [7, 11) is 0. The second-order valence-corrected chi connectivity index (χ2v) is 6.67. The topological polar surface area (TPSA) is 29.1 Å². The van der Waals surface area contributed by atoms with Gasteiger partial charge < -0.3 is 5.32 Å². The molecule has 0 radical (unpaired) electrons. The Kier molecular flexibility index (Phi) is 2.49. The lowest BCUT2D eigenvalue weighted by Crippen LogP contribution is -2.45. The molecule has 0 aliphatic heterocycles. The highest BCUT2D eigenvalue weighted by Crippen LogP contribution is 2.57. The summed E-state index contributed by atoms with van der Waals surface area (Å²) in [6.45, 7) is 2.60. The van der Waals surface area contributed by atoms with Crippen molar-refractivity contribution in [3.05, 3.63) is 0 Å². The standard InChI is InChI=1S/C14H23NO/c1-10(16)15-9-14-6-11-2-3-12(7-14)5-13(4-11)8-14/h11-13H,2-9H2,1H3,(H,15,16)/t11-,12+,13?,14?. The second kappa shape index (κ2) is 3.75. The van der Waals surface area contributed by atoms with Gasteiger partial charge in [0.15, 0.2) is 0 Å². The Morgan fingerprint density at radius 3 is 2.25 bits per heavy atom. The van der Waals surface area contributed by atoms with Crippen LogP contribution in [0.15, 0.2) is 0 Å². The summed E-state index contributed by atoms with van der Waals surface area (Å²) in [4.78, 5) is 11.1. The smallest absolute Gasteiger partial charge is 0.216 e. The number of carbonyl (C=O) groups is 1. The van der Waals surface area contributed by atoms with E-state index in [2.05, 4.69) is 5.32 Å². The monoisotopic (exact) mass is 221 g/mol. The quantitative estimate of drug-likeness (QED) is 0.763. The minimum absolute atomic E-state index is 0.148. The molecule has 4 aliphatic carbocycles. The fourth-order valence-electron chi connectivity index (χ4n) is 4.90. The Morgan fingerprint density at radius 1 is 1.12 bits per heavy atom. The summed E-state index contributed by atoms with van der Waals surface area (Å²) >= 11 is 0. The van der Waals surface area contributed by atoms with E-state index in [1.807, 2.05) is 0 Å². The normalized spacial score (nSPS) is 45.4. The van der Waals surface area contributed by atoms with E-state index in [0.29, 0.717) is 5.41 Å². The zero-order valence-corrected chi connectivity index (χ0v) is 10.3. The van der Waals surface area contributed by atoms with Crippen LogP contribution in [-0.4, -0.2) is 12.5 Å². The molecule has 4 rings (SSSR count). The maximum Gasteiger partial charge on any atom is 0.216 e. The van der Waals surface area contributed by atoms with Crippen molar-refractivity contribution in [3.63, 3.8) is 0 Å². The van der Waals surface area contributed by atoms with Crippen LogP contribution in [0.2, 0.25) is 0 Å². The van der Waals surface area contributed by atoms with E-state index < -0.39 is 0 Å². The first-order chi connectivity index (χ1) is 7.65. The average molecular weight is 221 g/mol. The molecule has 4 atom stereocenters. The average Bonchev–Trinajstić information content (AvgIpc) is 2.42. The number of hydrogen-bond donors (Lipinski definition) is 1. The van der Waals surface area contributed by atoms with Gasteiger partial charge in [0.2, 0.25) is 5.91 Å². The Labute approximate surface area is 98.2 Å². The van der Waals surface area contributed by atoms with Gasteiger partial charge in [0, 0.05) is 13.5 Å². The Balaban J connectivity index is 1.76. The van der Waals surface area contributed by atoms with E-state index in [-0.39, 0.29) is 5.91 Å². The molecule has 4 fully saturated rings. The van der Waals surface area contributed by atoms with Crippen LogP contribution >= 0.6 is 0 Å². The second-order valence-electron chi connectivity index (χ2n) is 6.67. The summed E-state index contributed by atoms with van der Waals surface area (Å²) in [5, 5.41) is 3.09. The van der Waals surface area contributed by atoms with Crippen molar-refractivity contribution in [3.8, 4) is 0 Å². The number of amides is 1. The van der Waals surface area contributed by atoms with Crippen molar-refractivity contribution in [1.82, 2.24) is 5.32 Å². The van der Waals surface area contributed by atoms with Gasteiger partial charge in [-0.05, 0) is 55.3 Å².